The third kappa shape index (κ3) is 5.25. The Hall–Kier alpha value is -0.780. The number of alkyl halides is 1. The Bertz CT molecular complexity index is 462. The topological polar surface area (TPSA) is 55.4 Å². The lowest BCUT2D eigenvalue weighted by atomic mass is 10.3. The normalized spacial score (nSPS) is 11.4. The molecule has 0 aromatic heterocycles. The summed E-state index contributed by atoms with van der Waals surface area (Å²) >= 11 is 5.47. The number of benzene rings is 1. The minimum Gasteiger partial charge on any atom is -0.384 e. The van der Waals surface area contributed by atoms with Gasteiger partial charge in [0.2, 0.25) is 0 Å². The van der Waals surface area contributed by atoms with E-state index >= 15 is 0 Å². The number of rotatable bonds is 8. The van der Waals surface area contributed by atoms with Gasteiger partial charge < -0.3 is 10.1 Å². The number of halogens is 1. The van der Waals surface area contributed by atoms with Crippen molar-refractivity contribution in [3.63, 3.8) is 0 Å². The van der Waals surface area contributed by atoms with Crippen LogP contribution in [-0.4, -0.2) is 40.3 Å². The van der Waals surface area contributed by atoms with E-state index < -0.39 is 9.84 Å². The summed E-state index contributed by atoms with van der Waals surface area (Å²) in [5.74, 6) is 0.490. The van der Waals surface area contributed by atoms with E-state index in [4.69, 9.17) is 16.3 Å². The maximum atomic E-state index is 11.5. The fourth-order valence-corrected chi connectivity index (χ4v) is 2.46. The average molecular weight is 292 g/mol. The van der Waals surface area contributed by atoms with E-state index in [9.17, 15) is 8.42 Å². The summed E-state index contributed by atoms with van der Waals surface area (Å²) in [5.41, 5.74) is 0.636. The van der Waals surface area contributed by atoms with Crippen molar-refractivity contribution in [2.45, 2.75) is 11.3 Å². The van der Waals surface area contributed by atoms with Crippen LogP contribution < -0.4 is 5.32 Å². The Morgan fingerprint density at radius 1 is 1.28 bits per heavy atom. The first kappa shape index (κ1) is 15.3. The Morgan fingerprint density at radius 2 is 2.00 bits per heavy atom. The molecule has 0 fully saturated rings. The molecule has 0 heterocycles. The molecule has 102 valence electrons. The highest BCUT2D eigenvalue weighted by Crippen LogP contribution is 2.20. The molecule has 4 nitrogen and oxygen atoms in total. The fourth-order valence-electron chi connectivity index (χ4n) is 1.49. The van der Waals surface area contributed by atoms with Gasteiger partial charge in [-0.1, -0.05) is 12.1 Å². The number of ether oxygens (including phenoxy) is 1. The molecule has 18 heavy (non-hydrogen) atoms. The smallest absolute Gasteiger partial charge is 0.177 e. The number of sulfone groups is 1. The van der Waals surface area contributed by atoms with Gasteiger partial charge in [0.1, 0.15) is 0 Å². The van der Waals surface area contributed by atoms with Crippen LogP contribution in [0.2, 0.25) is 0 Å². The Labute approximate surface area is 113 Å². The second-order valence-corrected chi connectivity index (χ2v) is 6.21. The molecule has 1 rings (SSSR count). The quantitative estimate of drug-likeness (QED) is 0.589. The van der Waals surface area contributed by atoms with Gasteiger partial charge in [-0.15, -0.1) is 11.6 Å². The number of anilines is 1. The molecule has 0 saturated heterocycles. The molecule has 0 unspecified atom stereocenters. The number of hydrogen-bond acceptors (Lipinski definition) is 4. The van der Waals surface area contributed by atoms with Crippen LogP contribution >= 0.6 is 11.6 Å². The molecular formula is C12H18ClNO3S. The third-order valence-electron chi connectivity index (χ3n) is 2.29. The van der Waals surface area contributed by atoms with Crippen molar-refractivity contribution >= 4 is 27.1 Å². The molecule has 0 spiro atoms. The van der Waals surface area contributed by atoms with Crippen LogP contribution in [0.4, 0.5) is 5.69 Å². The van der Waals surface area contributed by atoms with Crippen molar-refractivity contribution in [3.05, 3.63) is 24.3 Å². The van der Waals surface area contributed by atoms with Crippen LogP contribution in [0.5, 0.6) is 0 Å². The minimum atomic E-state index is -3.20. The van der Waals surface area contributed by atoms with Gasteiger partial charge in [0.25, 0.3) is 0 Å². The number of para-hydroxylation sites is 1. The standard InChI is InChI=1S/C12H18ClNO3S/c1-18(15,16)12-6-3-2-5-11(12)14-8-4-9-17-10-7-13/h2-3,5-6,14H,4,7-10H2,1H3. The number of nitrogens with one attached hydrogen (secondary N) is 1. The molecule has 0 radical (unpaired) electrons. The van der Waals surface area contributed by atoms with E-state index in [1.54, 1.807) is 24.3 Å². The summed E-state index contributed by atoms with van der Waals surface area (Å²) in [6, 6.07) is 6.88. The Morgan fingerprint density at radius 3 is 2.67 bits per heavy atom. The largest absolute Gasteiger partial charge is 0.384 e. The van der Waals surface area contributed by atoms with Crippen LogP contribution in [0.15, 0.2) is 29.2 Å². The Balaban J connectivity index is 2.48. The summed E-state index contributed by atoms with van der Waals surface area (Å²) in [5, 5.41) is 3.10. The van der Waals surface area contributed by atoms with Crippen molar-refractivity contribution in [1.29, 1.82) is 0 Å². The molecule has 0 atom stereocenters. The summed E-state index contributed by atoms with van der Waals surface area (Å²) < 4.78 is 28.3. The van der Waals surface area contributed by atoms with E-state index in [1.807, 2.05) is 0 Å². The number of hydrogen-bond donors (Lipinski definition) is 1. The lowest BCUT2D eigenvalue weighted by Gasteiger charge is -2.10. The first-order chi connectivity index (χ1) is 8.55. The van der Waals surface area contributed by atoms with Gasteiger partial charge in [-0.2, -0.15) is 0 Å². The molecule has 1 N–H and O–H groups in total. The molecule has 0 aliphatic carbocycles. The Kier molecular flexibility index (Phi) is 6.46. The summed E-state index contributed by atoms with van der Waals surface area (Å²) in [7, 11) is -3.20. The average Bonchev–Trinajstić information content (AvgIpc) is 2.33. The molecule has 0 aliphatic rings. The van der Waals surface area contributed by atoms with Gasteiger partial charge in [0.05, 0.1) is 17.2 Å². The van der Waals surface area contributed by atoms with Crippen molar-refractivity contribution in [2.75, 3.05) is 37.2 Å². The van der Waals surface area contributed by atoms with Gasteiger partial charge in [-0.3, -0.25) is 0 Å². The molecule has 1 aromatic carbocycles. The first-order valence-corrected chi connectivity index (χ1v) is 8.15. The van der Waals surface area contributed by atoms with Crippen molar-refractivity contribution < 1.29 is 13.2 Å². The van der Waals surface area contributed by atoms with E-state index in [0.29, 0.717) is 36.2 Å². The van der Waals surface area contributed by atoms with Crippen LogP contribution in [0.1, 0.15) is 6.42 Å². The van der Waals surface area contributed by atoms with Crippen LogP contribution in [0, 0.1) is 0 Å². The maximum absolute atomic E-state index is 11.5. The predicted octanol–water partition coefficient (Wildman–Crippen LogP) is 2.15. The highest BCUT2D eigenvalue weighted by atomic mass is 35.5. The van der Waals surface area contributed by atoms with E-state index in [-0.39, 0.29) is 0 Å². The first-order valence-electron chi connectivity index (χ1n) is 5.72. The van der Waals surface area contributed by atoms with Gasteiger partial charge in [0.15, 0.2) is 9.84 Å². The van der Waals surface area contributed by atoms with E-state index in [1.165, 1.54) is 6.26 Å². The molecule has 0 bridgehead atoms. The van der Waals surface area contributed by atoms with Gasteiger partial charge >= 0.3 is 0 Å². The molecule has 6 heteroatoms. The second kappa shape index (κ2) is 7.61. The second-order valence-electron chi connectivity index (χ2n) is 3.85. The van der Waals surface area contributed by atoms with Gasteiger partial charge in [-0.25, -0.2) is 8.42 Å². The van der Waals surface area contributed by atoms with Gasteiger partial charge in [0, 0.05) is 25.3 Å². The minimum absolute atomic E-state index is 0.326. The van der Waals surface area contributed by atoms with E-state index in [2.05, 4.69) is 5.32 Å². The fraction of sp³-hybridized carbons (Fsp3) is 0.500. The maximum Gasteiger partial charge on any atom is 0.177 e. The monoisotopic (exact) mass is 291 g/mol. The van der Waals surface area contributed by atoms with Crippen molar-refractivity contribution in [2.24, 2.45) is 0 Å². The molecule has 0 aliphatic heterocycles. The summed E-state index contributed by atoms with van der Waals surface area (Å²) in [6.45, 7) is 1.82. The third-order valence-corrected chi connectivity index (χ3v) is 3.60. The SMILES string of the molecule is CS(=O)(=O)c1ccccc1NCCCOCCCl. The zero-order chi connectivity index (χ0) is 13.4. The van der Waals surface area contributed by atoms with Crippen molar-refractivity contribution in [3.8, 4) is 0 Å². The lowest BCUT2D eigenvalue weighted by molar-refractivity contribution is 0.149. The molecule has 0 amide bonds. The van der Waals surface area contributed by atoms with Crippen LogP contribution in [-0.2, 0) is 14.6 Å². The highest BCUT2D eigenvalue weighted by molar-refractivity contribution is 7.90. The summed E-state index contributed by atoms with van der Waals surface area (Å²) in [6.07, 6.45) is 2.01. The highest BCUT2D eigenvalue weighted by Gasteiger charge is 2.11. The zero-order valence-electron chi connectivity index (χ0n) is 10.4. The van der Waals surface area contributed by atoms with Gasteiger partial charge in [-0.05, 0) is 18.6 Å². The lowest BCUT2D eigenvalue weighted by Crippen LogP contribution is -2.09. The molecular weight excluding hydrogens is 274 g/mol. The predicted molar refractivity (Wildman–Crippen MR) is 74.2 cm³/mol. The van der Waals surface area contributed by atoms with Crippen LogP contribution in [0.3, 0.4) is 0 Å². The molecule has 1 aromatic rings. The molecule has 0 saturated carbocycles. The summed E-state index contributed by atoms with van der Waals surface area (Å²) in [4.78, 5) is 0.326. The van der Waals surface area contributed by atoms with Crippen LogP contribution in [0.25, 0.3) is 0 Å². The van der Waals surface area contributed by atoms with E-state index in [0.717, 1.165) is 6.42 Å². The zero-order valence-corrected chi connectivity index (χ0v) is 11.9. The van der Waals surface area contributed by atoms with Crippen molar-refractivity contribution in [1.82, 2.24) is 0 Å².